The number of nitrogens with one attached hydrogen (secondary N) is 1. The van der Waals surface area contributed by atoms with E-state index in [9.17, 15) is 22.0 Å². The Bertz CT molecular complexity index is 936. The van der Waals surface area contributed by atoms with E-state index in [-0.39, 0.29) is 10.6 Å². The van der Waals surface area contributed by atoms with Crippen molar-refractivity contribution in [3.8, 4) is 0 Å². The summed E-state index contributed by atoms with van der Waals surface area (Å²) in [5.74, 6) is -2.44. The number of hydrogen-bond donors (Lipinski definition) is 1. The van der Waals surface area contributed by atoms with Gasteiger partial charge >= 0.3 is 0 Å². The third-order valence-electron chi connectivity index (χ3n) is 3.84. The molecule has 2 aromatic rings. The lowest BCUT2D eigenvalue weighted by Gasteiger charge is -2.20. The Balaban J connectivity index is 2.20. The Morgan fingerprint density at radius 1 is 1.08 bits per heavy atom. The molecule has 0 heterocycles. The fraction of sp³-hybridized carbons (Fsp3) is 0.278. The molecule has 0 atom stereocenters. The van der Waals surface area contributed by atoms with Gasteiger partial charge in [0.2, 0.25) is 15.9 Å². The highest BCUT2D eigenvalue weighted by Crippen LogP contribution is 2.24. The molecule has 0 aromatic heterocycles. The predicted octanol–water partition coefficient (Wildman–Crippen LogP) is 3.15. The molecule has 0 fully saturated rings. The molecule has 0 radical (unpaired) electrons. The maximum Gasteiger partial charge on any atom is 0.243 e. The molecular weight excluding hydrogens is 362 g/mol. The number of aryl methyl sites for hydroxylation is 3. The monoisotopic (exact) mass is 382 g/mol. The van der Waals surface area contributed by atoms with Crippen molar-refractivity contribution in [3.63, 3.8) is 0 Å². The molecule has 0 spiro atoms. The van der Waals surface area contributed by atoms with Gasteiger partial charge in [-0.25, -0.2) is 17.2 Å². The second-order valence-electron chi connectivity index (χ2n) is 6.16. The molecule has 2 rings (SSSR count). The van der Waals surface area contributed by atoms with Crippen LogP contribution in [0.3, 0.4) is 0 Å². The predicted molar refractivity (Wildman–Crippen MR) is 95.5 cm³/mol. The Morgan fingerprint density at radius 3 is 2.19 bits per heavy atom. The maximum absolute atomic E-state index is 13.6. The molecule has 0 unspecified atom stereocenters. The van der Waals surface area contributed by atoms with E-state index < -0.39 is 34.1 Å². The number of rotatable bonds is 5. The zero-order chi connectivity index (χ0) is 19.6. The standard InChI is InChI=1S/C18H20F2N2O3S/c1-11-7-12(2)18(13(3)8-11)26(24,25)22(4)10-17(23)21-16-6-5-14(19)9-15(16)20/h5-9H,10H2,1-4H3,(H,21,23). The SMILES string of the molecule is Cc1cc(C)c(S(=O)(=O)N(C)CC(=O)Nc2ccc(F)cc2F)c(C)c1. The summed E-state index contributed by atoms with van der Waals surface area (Å²) in [6.45, 7) is 4.74. The Morgan fingerprint density at radius 2 is 1.65 bits per heavy atom. The van der Waals surface area contributed by atoms with E-state index in [1.807, 2.05) is 6.92 Å². The largest absolute Gasteiger partial charge is 0.322 e. The molecule has 0 aliphatic carbocycles. The summed E-state index contributed by atoms with van der Waals surface area (Å²) in [4.78, 5) is 12.2. The van der Waals surface area contributed by atoms with Crippen molar-refractivity contribution < 1.29 is 22.0 Å². The van der Waals surface area contributed by atoms with Gasteiger partial charge in [-0.2, -0.15) is 4.31 Å². The maximum atomic E-state index is 13.6. The number of likely N-dealkylation sites (N-methyl/N-ethyl adjacent to an activating group) is 1. The fourth-order valence-electron chi connectivity index (χ4n) is 2.80. The molecule has 2 aromatic carbocycles. The van der Waals surface area contributed by atoms with Gasteiger partial charge in [-0.3, -0.25) is 4.79 Å². The minimum absolute atomic E-state index is 0.145. The van der Waals surface area contributed by atoms with Crippen LogP contribution in [0.25, 0.3) is 0 Å². The highest BCUT2D eigenvalue weighted by molar-refractivity contribution is 7.89. The van der Waals surface area contributed by atoms with Crippen molar-refractivity contribution in [3.05, 3.63) is 58.7 Å². The number of benzene rings is 2. The lowest BCUT2D eigenvalue weighted by atomic mass is 10.1. The summed E-state index contributed by atoms with van der Waals surface area (Å²) in [5.41, 5.74) is 1.88. The van der Waals surface area contributed by atoms with Crippen LogP contribution in [-0.4, -0.2) is 32.2 Å². The summed E-state index contributed by atoms with van der Waals surface area (Å²) < 4.78 is 53.0. The van der Waals surface area contributed by atoms with Crippen LogP contribution in [0.5, 0.6) is 0 Å². The topological polar surface area (TPSA) is 66.5 Å². The average Bonchev–Trinajstić information content (AvgIpc) is 2.48. The van der Waals surface area contributed by atoms with Crippen molar-refractivity contribution in [2.75, 3.05) is 18.9 Å². The molecule has 1 N–H and O–H groups in total. The van der Waals surface area contributed by atoms with Crippen LogP contribution in [0.4, 0.5) is 14.5 Å². The third kappa shape index (κ3) is 4.25. The molecule has 0 saturated heterocycles. The summed E-state index contributed by atoms with van der Waals surface area (Å²) in [6, 6.07) is 6.21. The Kier molecular flexibility index (Phi) is 5.77. The van der Waals surface area contributed by atoms with Gasteiger partial charge in [-0.1, -0.05) is 17.7 Å². The van der Waals surface area contributed by atoms with Gasteiger partial charge in [0.25, 0.3) is 0 Å². The molecule has 0 bridgehead atoms. The number of nitrogens with zero attached hydrogens (tertiary/aromatic N) is 1. The quantitative estimate of drug-likeness (QED) is 0.864. The molecule has 0 aliphatic heterocycles. The smallest absolute Gasteiger partial charge is 0.243 e. The van der Waals surface area contributed by atoms with Crippen LogP contribution in [0.1, 0.15) is 16.7 Å². The molecule has 26 heavy (non-hydrogen) atoms. The molecule has 5 nitrogen and oxygen atoms in total. The summed E-state index contributed by atoms with van der Waals surface area (Å²) in [6.07, 6.45) is 0. The van der Waals surface area contributed by atoms with Crippen LogP contribution in [0.15, 0.2) is 35.2 Å². The first kappa shape index (κ1) is 20.0. The van der Waals surface area contributed by atoms with E-state index in [1.165, 1.54) is 7.05 Å². The number of amides is 1. The highest BCUT2D eigenvalue weighted by Gasteiger charge is 2.26. The van der Waals surface area contributed by atoms with E-state index in [4.69, 9.17) is 0 Å². The third-order valence-corrected chi connectivity index (χ3v) is 5.95. The molecule has 1 amide bonds. The molecule has 0 aliphatic rings. The van der Waals surface area contributed by atoms with Crippen LogP contribution >= 0.6 is 0 Å². The van der Waals surface area contributed by atoms with Gasteiger partial charge in [0.1, 0.15) is 11.6 Å². The van der Waals surface area contributed by atoms with E-state index in [0.717, 1.165) is 22.0 Å². The van der Waals surface area contributed by atoms with Gasteiger partial charge in [-0.05, 0) is 44.0 Å². The zero-order valence-electron chi connectivity index (χ0n) is 14.9. The van der Waals surface area contributed by atoms with Gasteiger partial charge in [-0.15, -0.1) is 0 Å². The normalized spacial score (nSPS) is 11.7. The minimum Gasteiger partial charge on any atom is -0.322 e. The number of halogens is 2. The van der Waals surface area contributed by atoms with E-state index >= 15 is 0 Å². The zero-order valence-corrected chi connectivity index (χ0v) is 15.7. The fourth-order valence-corrected chi connectivity index (χ4v) is 4.33. The van der Waals surface area contributed by atoms with E-state index in [0.29, 0.717) is 17.2 Å². The average molecular weight is 382 g/mol. The minimum atomic E-state index is -3.90. The van der Waals surface area contributed by atoms with E-state index in [1.54, 1.807) is 26.0 Å². The summed E-state index contributed by atoms with van der Waals surface area (Å²) >= 11 is 0. The van der Waals surface area contributed by atoms with Crippen molar-refractivity contribution in [2.24, 2.45) is 0 Å². The van der Waals surface area contributed by atoms with Crippen molar-refractivity contribution in [1.82, 2.24) is 4.31 Å². The summed E-state index contributed by atoms with van der Waals surface area (Å²) in [7, 11) is -2.63. The van der Waals surface area contributed by atoms with Gasteiger partial charge in [0.15, 0.2) is 0 Å². The first-order valence-corrected chi connectivity index (χ1v) is 9.25. The second-order valence-corrected chi connectivity index (χ2v) is 8.14. The molecule has 0 saturated carbocycles. The van der Waals surface area contributed by atoms with Crippen molar-refractivity contribution >= 4 is 21.6 Å². The number of carbonyl (C=O) groups is 1. The summed E-state index contributed by atoms with van der Waals surface area (Å²) in [5, 5.41) is 2.24. The molecule has 8 heteroatoms. The molecule has 140 valence electrons. The second kappa shape index (κ2) is 7.51. The van der Waals surface area contributed by atoms with E-state index in [2.05, 4.69) is 5.32 Å². The first-order valence-electron chi connectivity index (χ1n) is 7.81. The number of carbonyl (C=O) groups excluding carboxylic acids is 1. The Hall–Kier alpha value is -2.32. The van der Waals surface area contributed by atoms with Crippen LogP contribution in [-0.2, 0) is 14.8 Å². The van der Waals surface area contributed by atoms with Gasteiger partial charge < -0.3 is 5.32 Å². The number of anilines is 1. The van der Waals surface area contributed by atoms with Crippen LogP contribution < -0.4 is 5.32 Å². The lowest BCUT2D eigenvalue weighted by molar-refractivity contribution is -0.116. The first-order chi connectivity index (χ1) is 12.0. The van der Waals surface area contributed by atoms with Crippen LogP contribution in [0, 0.1) is 32.4 Å². The van der Waals surface area contributed by atoms with Crippen molar-refractivity contribution in [1.29, 1.82) is 0 Å². The van der Waals surface area contributed by atoms with Crippen LogP contribution in [0.2, 0.25) is 0 Å². The number of sulfonamides is 1. The molecular formula is C18H20F2N2O3S. The van der Waals surface area contributed by atoms with Gasteiger partial charge in [0, 0.05) is 13.1 Å². The lowest BCUT2D eigenvalue weighted by Crippen LogP contribution is -2.35. The number of hydrogen-bond acceptors (Lipinski definition) is 3. The van der Waals surface area contributed by atoms with Gasteiger partial charge in [0.05, 0.1) is 17.1 Å². The van der Waals surface area contributed by atoms with Crippen molar-refractivity contribution in [2.45, 2.75) is 25.7 Å². The highest BCUT2D eigenvalue weighted by atomic mass is 32.2. The Labute approximate surface area is 151 Å².